The average Bonchev–Trinajstić information content (AvgIpc) is 2.54. The highest BCUT2D eigenvalue weighted by molar-refractivity contribution is 5.98. The number of benzene rings is 1. The largest absolute Gasteiger partial charge is 0.396 e. The molecule has 3 heteroatoms. The molecule has 3 nitrogen and oxygen atoms in total. The number of nitrogens with zero attached hydrogens (tertiary/aromatic N) is 1. The molecular formula is C12H15NO2. The van der Waals surface area contributed by atoms with E-state index in [2.05, 4.69) is 0 Å². The van der Waals surface area contributed by atoms with E-state index in [4.69, 9.17) is 5.11 Å². The summed E-state index contributed by atoms with van der Waals surface area (Å²) in [6.07, 6.45) is 0. The second kappa shape index (κ2) is 3.66. The first-order valence-corrected chi connectivity index (χ1v) is 5.12. The zero-order chi connectivity index (χ0) is 11.0. The van der Waals surface area contributed by atoms with E-state index in [1.165, 1.54) is 0 Å². The van der Waals surface area contributed by atoms with Crippen molar-refractivity contribution in [2.24, 2.45) is 0 Å². The monoisotopic (exact) mass is 205 g/mol. The van der Waals surface area contributed by atoms with Crippen LogP contribution in [-0.4, -0.2) is 29.6 Å². The summed E-state index contributed by atoms with van der Waals surface area (Å²) in [5.41, 5.74) is 2.89. The molecule has 1 N–H and O–H groups in total. The van der Waals surface area contributed by atoms with Crippen molar-refractivity contribution in [1.82, 2.24) is 4.90 Å². The molecule has 1 aliphatic heterocycles. The number of carbonyl (C=O) groups excluding carboxylic acids is 1. The Labute approximate surface area is 89.3 Å². The molecule has 0 saturated carbocycles. The highest BCUT2D eigenvalue weighted by Crippen LogP contribution is 2.25. The fourth-order valence-corrected chi connectivity index (χ4v) is 1.88. The second-order valence-electron chi connectivity index (χ2n) is 4.16. The summed E-state index contributed by atoms with van der Waals surface area (Å²) >= 11 is 0. The average molecular weight is 205 g/mol. The molecule has 80 valence electrons. The normalized spacial score (nSPS) is 16.7. The van der Waals surface area contributed by atoms with Crippen molar-refractivity contribution in [2.45, 2.75) is 19.4 Å². The Hall–Kier alpha value is -1.35. The van der Waals surface area contributed by atoms with Crippen molar-refractivity contribution >= 4 is 5.91 Å². The van der Waals surface area contributed by atoms with Gasteiger partial charge in [0.2, 0.25) is 0 Å². The van der Waals surface area contributed by atoms with Gasteiger partial charge in [0.15, 0.2) is 0 Å². The van der Waals surface area contributed by atoms with Crippen molar-refractivity contribution in [3.05, 3.63) is 34.9 Å². The third-order valence-corrected chi connectivity index (χ3v) is 2.96. The Morgan fingerprint density at radius 3 is 2.93 bits per heavy atom. The molecule has 0 radical (unpaired) electrons. The number of aliphatic hydroxyl groups excluding tert-OH is 1. The number of rotatable bonds is 2. The molecule has 1 aliphatic rings. The van der Waals surface area contributed by atoms with Gasteiger partial charge >= 0.3 is 0 Å². The Kier molecular flexibility index (Phi) is 2.49. The molecule has 0 aliphatic carbocycles. The fraction of sp³-hybridized carbons (Fsp3) is 0.417. The van der Waals surface area contributed by atoms with Crippen LogP contribution in [-0.2, 0) is 6.54 Å². The Morgan fingerprint density at radius 1 is 1.53 bits per heavy atom. The quantitative estimate of drug-likeness (QED) is 0.792. The van der Waals surface area contributed by atoms with Gasteiger partial charge in [0.05, 0.1) is 0 Å². The Balaban J connectivity index is 2.39. The van der Waals surface area contributed by atoms with Crippen LogP contribution in [0, 0.1) is 0 Å². The van der Waals surface area contributed by atoms with Crippen molar-refractivity contribution in [2.75, 3.05) is 13.7 Å². The van der Waals surface area contributed by atoms with Gasteiger partial charge < -0.3 is 10.0 Å². The van der Waals surface area contributed by atoms with Crippen LogP contribution in [0.4, 0.5) is 0 Å². The number of carbonyl (C=O) groups is 1. The zero-order valence-corrected chi connectivity index (χ0v) is 9.03. The van der Waals surface area contributed by atoms with Crippen LogP contribution in [0.1, 0.15) is 34.3 Å². The molecule has 0 spiro atoms. The van der Waals surface area contributed by atoms with Crippen molar-refractivity contribution in [1.29, 1.82) is 0 Å². The van der Waals surface area contributed by atoms with E-state index in [-0.39, 0.29) is 18.4 Å². The lowest BCUT2D eigenvalue weighted by atomic mass is 9.98. The van der Waals surface area contributed by atoms with Crippen LogP contribution >= 0.6 is 0 Å². The molecule has 0 aromatic heterocycles. The molecule has 1 atom stereocenters. The number of hydrogen-bond acceptors (Lipinski definition) is 2. The lowest BCUT2D eigenvalue weighted by molar-refractivity contribution is 0.0816. The maximum absolute atomic E-state index is 11.7. The lowest BCUT2D eigenvalue weighted by Crippen LogP contribution is -2.17. The van der Waals surface area contributed by atoms with Gasteiger partial charge in [-0.05, 0) is 17.2 Å². The van der Waals surface area contributed by atoms with Crippen molar-refractivity contribution in [3.8, 4) is 0 Å². The third-order valence-electron chi connectivity index (χ3n) is 2.96. The fourth-order valence-electron chi connectivity index (χ4n) is 1.88. The number of amides is 1. The first-order chi connectivity index (χ1) is 7.13. The first-order valence-electron chi connectivity index (χ1n) is 5.12. The minimum absolute atomic E-state index is 0.0805. The van der Waals surface area contributed by atoms with Crippen LogP contribution in [0.15, 0.2) is 18.2 Å². The molecule has 0 saturated heterocycles. The van der Waals surface area contributed by atoms with Crippen LogP contribution in [0.3, 0.4) is 0 Å². The predicted octanol–water partition coefficient (Wildman–Crippen LogP) is 1.37. The van der Waals surface area contributed by atoms with Gasteiger partial charge in [-0.3, -0.25) is 4.79 Å². The molecule has 1 aromatic rings. The van der Waals surface area contributed by atoms with Crippen LogP contribution in [0.5, 0.6) is 0 Å². The number of fused-ring (bicyclic) bond motifs is 1. The summed E-state index contributed by atoms with van der Waals surface area (Å²) in [5.74, 6) is 0.172. The van der Waals surface area contributed by atoms with E-state index in [9.17, 15) is 4.79 Å². The molecule has 0 fully saturated rings. The summed E-state index contributed by atoms with van der Waals surface area (Å²) in [7, 11) is 1.80. The summed E-state index contributed by atoms with van der Waals surface area (Å²) in [4.78, 5) is 13.4. The number of hydrogen-bond donors (Lipinski definition) is 1. The molecular weight excluding hydrogens is 190 g/mol. The minimum atomic E-state index is 0.0805. The van der Waals surface area contributed by atoms with E-state index in [1.807, 2.05) is 25.1 Å². The van der Waals surface area contributed by atoms with Crippen LogP contribution in [0.2, 0.25) is 0 Å². The maximum Gasteiger partial charge on any atom is 0.254 e. The standard InChI is InChI=1S/C12H15NO2/c1-8(7-14)9-3-4-10-6-13(2)12(15)11(10)5-9/h3-5,8,14H,6-7H2,1-2H3. The van der Waals surface area contributed by atoms with E-state index in [0.717, 1.165) is 16.7 Å². The highest BCUT2D eigenvalue weighted by Gasteiger charge is 2.24. The van der Waals surface area contributed by atoms with E-state index in [1.54, 1.807) is 11.9 Å². The molecule has 1 aromatic carbocycles. The number of aliphatic hydroxyl groups is 1. The Morgan fingerprint density at radius 2 is 2.27 bits per heavy atom. The van der Waals surface area contributed by atoms with Crippen molar-refractivity contribution in [3.63, 3.8) is 0 Å². The van der Waals surface area contributed by atoms with Crippen LogP contribution in [0.25, 0.3) is 0 Å². The first kappa shape index (κ1) is 10.2. The summed E-state index contributed by atoms with van der Waals surface area (Å²) < 4.78 is 0. The molecule has 2 rings (SSSR count). The van der Waals surface area contributed by atoms with Gasteiger partial charge in [0.25, 0.3) is 5.91 Å². The second-order valence-corrected chi connectivity index (χ2v) is 4.16. The summed E-state index contributed by atoms with van der Waals surface area (Å²) in [6, 6.07) is 5.88. The van der Waals surface area contributed by atoms with Crippen molar-refractivity contribution < 1.29 is 9.90 Å². The van der Waals surface area contributed by atoms with Gasteiger partial charge in [-0.25, -0.2) is 0 Å². The van der Waals surface area contributed by atoms with Crippen LogP contribution < -0.4 is 0 Å². The minimum Gasteiger partial charge on any atom is -0.396 e. The zero-order valence-electron chi connectivity index (χ0n) is 9.03. The predicted molar refractivity (Wildman–Crippen MR) is 57.7 cm³/mol. The summed E-state index contributed by atoms with van der Waals surface area (Å²) in [5, 5.41) is 9.06. The SMILES string of the molecule is CC(CO)c1ccc2c(c1)C(=O)N(C)C2. The molecule has 1 unspecified atom stereocenters. The summed E-state index contributed by atoms with van der Waals surface area (Å²) in [6.45, 7) is 2.76. The van der Waals surface area contributed by atoms with E-state index < -0.39 is 0 Å². The molecule has 0 bridgehead atoms. The molecule has 1 amide bonds. The van der Waals surface area contributed by atoms with Gasteiger partial charge in [0, 0.05) is 31.7 Å². The smallest absolute Gasteiger partial charge is 0.254 e. The van der Waals surface area contributed by atoms with Gasteiger partial charge in [0.1, 0.15) is 0 Å². The topological polar surface area (TPSA) is 40.5 Å². The van der Waals surface area contributed by atoms with Gasteiger partial charge in [-0.1, -0.05) is 19.1 Å². The highest BCUT2D eigenvalue weighted by atomic mass is 16.3. The maximum atomic E-state index is 11.7. The Bertz CT molecular complexity index is 401. The van der Waals surface area contributed by atoms with Gasteiger partial charge in [-0.15, -0.1) is 0 Å². The van der Waals surface area contributed by atoms with E-state index >= 15 is 0 Å². The van der Waals surface area contributed by atoms with Gasteiger partial charge in [-0.2, -0.15) is 0 Å². The lowest BCUT2D eigenvalue weighted by Gasteiger charge is -2.09. The van der Waals surface area contributed by atoms with E-state index in [0.29, 0.717) is 6.54 Å². The third kappa shape index (κ3) is 1.63. The molecule has 1 heterocycles. The molecule has 15 heavy (non-hydrogen) atoms.